The summed E-state index contributed by atoms with van der Waals surface area (Å²) in [5.74, 6) is -2.11. The Morgan fingerprint density at radius 2 is 1.68 bits per heavy atom. The van der Waals surface area contributed by atoms with Crippen LogP contribution in [0.4, 0.5) is 0 Å². The maximum atomic E-state index is 11.3. The summed E-state index contributed by atoms with van der Waals surface area (Å²) in [7, 11) is -4.81. The molecule has 0 rings (SSSR count). The first-order valence-corrected chi connectivity index (χ1v) is 7.99. The average molecular weight is 358 g/mol. The standard InChI is InChI=1S/C12H22O7S.2Na.2H/c1-9(2)6-4-3-5-7-19-11(13)8-10(12(14)15)20(16,17)18;;;;/h9-10H,3-8H2,1-2H3,(H,14,15)(H,16,17,18);;;;/q;2*+1;2*-1. The van der Waals surface area contributed by atoms with E-state index in [-0.39, 0.29) is 68.6 Å². The molecule has 0 aliphatic carbocycles. The summed E-state index contributed by atoms with van der Waals surface area (Å²) in [6.45, 7) is 4.34. The first kappa shape index (κ1) is 27.7. The number of carboxylic acids is 1. The van der Waals surface area contributed by atoms with Crippen LogP contribution in [-0.4, -0.2) is 41.9 Å². The number of carboxylic acid groups (broad SMARTS) is 1. The van der Waals surface area contributed by atoms with Crippen LogP contribution in [0.2, 0.25) is 0 Å². The zero-order valence-corrected chi connectivity index (χ0v) is 18.6. The molecule has 0 bridgehead atoms. The second-order valence-corrected chi connectivity index (χ2v) is 6.61. The number of hydrogen-bond donors (Lipinski definition) is 2. The molecule has 0 aliphatic heterocycles. The van der Waals surface area contributed by atoms with Gasteiger partial charge in [-0.1, -0.05) is 33.1 Å². The second kappa shape index (κ2) is 14.2. The molecule has 0 saturated carbocycles. The van der Waals surface area contributed by atoms with Gasteiger partial charge in [0.05, 0.1) is 13.0 Å². The van der Waals surface area contributed by atoms with E-state index >= 15 is 0 Å². The Morgan fingerprint density at radius 3 is 2.09 bits per heavy atom. The van der Waals surface area contributed by atoms with Crippen molar-refractivity contribution in [1.29, 1.82) is 0 Å². The number of unbranched alkanes of at least 4 members (excludes halogenated alkanes) is 2. The summed E-state index contributed by atoms with van der Waals surface area (Å²) in [5.41, 5.74) is 0. The monoisotopic (exact) mass is 358 g/mol. The van der Waals surface area contributed by atoms with Crippen molar-refractivity contribution >= 4 is 22.1 Å². The van der Waals surface area contributed by atoms with E-state index in [0.717, 1.165) is 19.3 Å². The summed E-state index contributed by atoms with van der Waals surface area (Å²) in [5, 5.41) is 6.43. The van der Waals surface area contributed by atoms with Crippen molar-refractivity contribution in [2.45, 2.75) is 51.2 Å². The molecule has 0 radical (unpaired) electrons. The van der Waals surface area contributed by atoms with Gasteiger partial charge in [-0.15, -0.1) is 0 Å². The van der Waals surface area contributed by atoms with E-state index in [1.165, 1.54) is 0 Å². The molecule has 10 heteroatoms. The van der Waals surface area contributed by atoms with Crippen molar-refractivity contribution < 1.29 is 94.4 Å². The van der Waals surface area contributed by atoms with Crippen LogP contribution in [0, 0.1) is 5.92 Å². The Bertz CT molecular complexity index is 433. The van der Waals surface area contributed by atoms with Crippen LogP contribution in [0.3, 0.4) is 0 Å². The van der Waals surface area contributed by atoms with Gasteiger partial charge in [-0.05, 0) is 12.3 Å². The third-order valence-electron chi connectivity index (χ3n) is 2.68. The van der Waals surface area contributed by atoms with Crippen molar-refractivity contribution in [3.8, 4) is 0 Å². The predicted molar refractivity (Wildman–Crippen MR) is 74.1 cm³/mol. The number of rotatable bonds is 10. The first-order valence-electron chi connectivity index (χ1n) is 6.49. The third kappa shape index (κ3) is 14.4. The SMILES string of the molecule is CC(C)CCCCCOC(=O)CC(C(=O)O)S(=O)(=O)O.[H-].[H-].[Na+].[Na+]. The van der Waals surface area contributed by atoms with Gasteiger partial charge in [0.25, 0.3) is 10.1 Å². The second-order valence-electron chi connectivity index (χ2n) is 5.01. The van der Waals surface area contributed by atoms with E-state index in [1.54, 1.807) is 0 Å². The Labute approximate surface area is 178 Å². The fourth-order valence-corrected chi connectivity index (χ4v) is 2.15. The molecule has 1 unspecified atom stereocenters. The van der Waals surface area contributed by atoms with Gasteiger partial charge in [0.15, 0.2) is 5.25 Å². The van der Waals surface area contributed by atoms with Crippen LogP contribution in [0.25, 0.3) is 0 Å². The van der Waals surface area contributed by atoms with Gasteiger partial charge in [-0.3, -0.25) is 14.1 Å². The molecule has 0 aliphatic rings. The van der Waals surface area contributed by atoms with Crippen LogP contribution >= 0.6 is 0 Å². The van der Waals surface area contributed by atoms with Crippen molar-refractivity contribution in [1.82, 2.24) is 0 Å². The Morgan fingerprint density at radius 1 is 1.14 bits per heavy atom. The van der Waals surface area contributed by atoms with Crippen LogP contribution in [0.1, 0.15) is 48.8 Å². The minimum absolute atomic E-state index is 0. The Balaban J connectivity index is -0.000000301. The molecule has 0 aromatic rings. The number of hydrogen-bond acceptors (Lipinski definition) is 5. The maximum absolute atomic E-state index is 11.3. The van der Waals surface area contributed by atoms with Gasteiger partial charge in [0.1, 0.15) is 0 Å². The zero-order chi connectivity index (χ0) is 15.8. The Kier molecular flexibility index (Phi) is 17.9. The van der Waals surface area contributed by atoms with E-state index in [9.17, 15) is 18.0 Å². The van der Waals surface area contributed by atoms with E-state index in [0.29, 0.717) is 12.3 Å². The quantitative estimate of drug-likeness (QED) is 0.176. The van der Waals surface area contributed by atoms with Crippen LogP contribution in [-0.2, 0) is 24.4 Å². The molecule has 0 spiro atoms. The summed E-state index contributed by atoms with van der Waals surface area (Å²) in [6.07, 6.45) is 2.73. The van der Waals surface area contributed by atoms with Gasteiger partial charge in [0.2, 0.25) is 0 Å². The molecule has 2 N–H and O–H groups in total. The molecular formula is C12H24Na2O7S. The fraction of sp³-hybridized carbons (Fsp3) is 0.833. The molecule has 0 saturated heterocycles. The minimum Gasteiger partial charge on any atom is -1.00 e. The van der Waals surface area contributed by atoms with Crippen molar-refractivity contribution in [2.24, 2.45) is 5.92 Å². The van der Waals surface area contributed by atoms with E-state index in [2.05, 4.69) is 13.8 Å². The van der Waals surface area contributed by atoms with E-state index in [1.807, 2.05) is 0 Å². The predicted octanol–water partition coefficient (Wildman–Crippen LogP) is -4.29. The van der Waals surface area contributed by atoms with Crippen molar-refractivity contribution in [2.75, 3.05) is 6.61 Å². The fourth-order valence-electron chi connectivity index (χ4n) is 1.55. The molecule has 0 heterocycles. The van der Waals surface area contributed by atoms with Gasteiger partial charge < -0.3 is 12.7 Å². The number of ether oxygens (including phenoxy) is 1. The molecule has 0 aromatic heterocycles. The summed E-state index contributed by atoms with van der Waals surface area (Å²) in [6, 6.07) is 0. The molecule has 122 valence electrons. The third-order valence-corrected chi connectivity index (χ3v) is 3.76. The number of aliphatic carboxylic acids is 1. The van der Waals surface area contributed by atoms with Gasteiger partial charge in [0, 0.05) is 0 Å². The summed E-state index contributed by atoms with van der Waals surface area (Å²) in [4.78, 5) is 21.9. The maximum Gasteiger partial charge on any atom is 1.00 e. The van der Waals surface area contributed by atoms with Crippen molar-refractivity contribution in [3.63, 3.8) is 0 Å². The van der Waals surface area contributed by atoms with E-state index in [4.69, 9.17) is 14.4 Å². The molecular weight excluding hydrogens is 334 g/mol. The topological polar surface area (TPSA) is 118 Å². The van der Waals surface area contributed by atoms with Gasteiger partial charge >= 0.3 is 71.1 Å². The van der Waals surface area contributed by atoms with Crippen LogP contribution < -0.4 is 59.1 Å². The van der Waals surface area contributed by atoms with Crippen molar-refractivity contribution in [3.05, 3.63) is 0 Å². The number of carbonyl (C=O) groups is 2. The largest absolute Gasteiger partial charge is 1.00 e. The van der Waals surface area contributed by atoms with Gasteiger partial charge in [-0.25, -0.2) is 0 Å². The van der Waals surface area contributed by atoms with Gasteiger partial charge in [-0.2, -0.15) is 8.42 Å². The molecule has 0 amide bonds. The van der Waals surface area contributed by atoms with E-state index < -0.39 is 33.7 Å². The summed E-state index contributed by atoms with van der Waals surface area (Å²) >= 11 is 0. The normalized spacial score (nSPS) is 12.0. The molecule has 0 aromatic carbocycles. The summed E-state index contributed by atoms with van der Waals surface area (Å²) < 4.78 is 34.9. The number of esters is 1. The zero-order valence-electron chi connectivity index (χ0n) is 15.7. The molecule has 7 nitrogen and oxygen atoms in total. The number of carbonyl (C=O) groups excluding carboxylic acids is 1. The Hall–Kier alpha value is 0.850. The average Bonchev–Trinajstić information content (AvgIpc) is 2.28. The molecule has 1 atom stereocenters. The molecule has 0 fully saturated rings. The minimum atomic E-state index is -4.81. The molecule has 22 heavy (non-hydrogen) atoms. The van der Waals surface area contributed by atoms with Crippen LogP contribution in [0.5, 0.6) is 0 Å². The first-order chi connectivity index (χ1) is 9.14. The van der Waals surface area contributed by atoms with Crippen LogP contribution in [0.15, 0.2) is 0 Å². The smallest absolute Gasteiger partial charge is 1.00 e.